The summed E-state index contributed by atoms with van der Waals surface area (Å²) in [5, 5.41) is 18.2. The van der Waals surface area contributed by atoms with E-state index in [1.54, 1.807) is 4.90 Å². The Kier molecular flexibility index (Phi) is 6.40. The predicted octanol–water partition coefficient (Wildman–Crippen LogP) is -0.492. The van der Waals surface area contributed by atoms with E-state index >= 15 is 0 Å². The number of phenols is 1. The van der Waals surface area contributed by atoms with Crippen LogP contribution in [0, 0.1) is 0 Å². The minimum absolute atomic E-state index is 0.0467. The number of esters is 1. The molecule has 0 radical (unpaired) electrons. The number of carbonyl (C=O) groups is 2. The zero-order chi connectivity index (χ0) is 19.3. The molecule has 3 N–H and O–H groups in total. The van der Waals surface area contributed by atoms with Crippen LogP contribution >= 0.6 is 0 Å². The van der Waals surface area contributed by atoms with E-state index in [-0.39, 0.29) is 43.4 Å². The molecule has 0 spiro atoms. The van der Waals surface area contributed by atoms with Crippen molar-refractivity contribution in [2.75, 3.05) is 39.8 Å². The van der Waals surface area contributed by atoms with E-state index in [1.807, 2.05) is 0 Å². The number of benzene rings is 1. The van der Waals surface area contributed by atoms with Gasteiger partial charge in [0.15, 0.2) is 0 Å². The number of ether oxygens (including phenoxy) is 1. The van der Waals surface area contributed by atoms with Gasteiger partial charge in [0.2, 0.25) is 10.0 Å². The summed E-state index contributed by atoms with van der Waals surface area (Å²) in [6.45, 7) is 0.782. The van der Waals surface area contributed by atoms with Crippen LogP contribution in [0.1, 0.15) is 0 Å². The maximum atomic E-state index is 12.3. The lowest BCUT2D eigenvalue weighted by atomic mass is 10.2. The number of methoxy groups -OCH3 is 1. The van der Waals surface area contributed by atoms with Crippen molar-refractivity contribution in [1.82, 2.24) is 14.5 Å². The molecule has 0 aliphatic carbocycles. The van der Waals surface area contributed by atoms with Crippen molar-refractivity contribution in [2.24, 2.45) is 0 Å². The van der Waals surface area contributed by atoms with E-state index in [0.29, 0.717) is 0 Å². The number of piperazine rings is 1. The third-order valence-corrected chi connectivity index (χ3v) is 5.55. The highest BCUT2D eigenvalue weighted by Crippen LogP contribution is 2.15. The summed E-state index contributed by atoms with van der Waals surface area (Å²) in [7, 11) is -2.67. The Morgan fingerprint density at radius 1 is 1.19 bits per heavy atom. The third kappa shape index (κ3) is 4.84. The molecule has 26 heavy (non-hydrogen) atoms. The molecule has 0 aromatic heterocycles. The number of sulfonamides is 1. The zero-order valence-electron chi connectivity index (χ0n) is 14.2. The minimum Gasteiger partial charge on any atom is -0.508 e. The predicted molar refractivity (Wildman–Crippen MR) is 90.3 cm³/mol. The SMILES string of the molecule is COC(=O)C(CNS(=O)(=O)c1ccc(O)cc1)N1CCN(C(=O)O)CC1. The standard InChI is InChI=1S/C15H21N3O7S/c1-25-14(20)13(17-6-8-18(9-7-17)15(21)22)10-16-26(23,24)12-4-2-11(19)3-5-12/h2-5,13,16,19H,6-10H2,1H3,(H,21,22). The highest BCUT2D eigenvalue weighted by atomic mass is 32.2. The molecule has 1 aliphatic heterocycles. The van der Waals surface area contributed by atoms with Crippen LogP contribution in [0.25, 0.3) is 0 Å². The summed E-state index contributed by atoms with van der Waals surface area (Å²) in [6.07, 6.45) is -1.03. The van der Waals surface area contributed by atoms with Crippen LogP contribution in [-0.4, -0.2) is 86.4 Å². The van der Waals surface area contributed by atoms with Gasteiger partial charge in [-0.3, -0.25) is 9.69 Å². The van der Waals surface area contributed by atoms with Gasteiger partial charge >= 0.3 is 12.1 Å². The van der Waals surface area contributed by atoms with Gasteiger partial charge in [-0.15, -0.1) is 0 Å². The largest absolute Gasteiger partial charge is 0.508 e. The highest BCUT2D eigenvalue weighted by Gasteiger charge is 2.32. The molecule has 1 aromatic carbocycles. The summed E-state index contributed by atoms with van der Waals surface area (Å²) < 4.78 is 31.8. The van der Waals surface area contributed by atoms with E-state index < -0.39 is 28.1 Å². The number of nitrogens with one attached hydrogen (secondary N) is 1. The van der Waals surface area contributed by atoms with Gasteiger partial charge in [0.05, 0.1) is 12.0 Å². The van der Waals surface area contributed by atoms with Gasteiger partial charge in [0, 0.05) is 32.7 Å². The molecule has 1 aromatic rings. The molecule has 11 heteroatoms. The molecule has 1 saturated heterocycles. The van der Waals surface area contributed by atoms with Crippen molar-refractivity contribution in [2.45, 2.75) is 10.9 Å². The van der Waals surface area contributed by atoms with Gasteiger partial charge in [0.25, 0.3) is 0 Å². The molecule has 144 valence electrons. The molecule has 1 atom stereocenters. The number of amides is 1. The molecule has 0 bridgehead atoms. The first-order chi connectivity index (χ1) is 12.2. The van der Waals surface area contributed by atoms with E-state index in [9.17, 15) is 23.1 Å². The Labute approximate surface area is 151 Å². The monoisotopic (exact) mass is 387 g/mol. The number of carboxylic acid groups (broad SMARTS) is 1. The van der Waals surface area contributed by atoms with Crippen LogP contribution in [0.3, 0.4) is 0 Å². The number of rotatable bonds is 6. The van der Waals surface area contributed by atoms with Crippen molar-refractivity contribution in [3.05, 3.63) is 24.3 Å². The quantitative estimate of drug-likeness (QED) is 0.556. The average molecular weight is 387 g/mol. The second-order valence-corrected chi connectivity index (χ2v) is 7.46. The van der Waals surface area contributed by atoms with E-state index in [4.69, 9.17) is 9.84 Å². The van der Waals surface area contributed by atoms with Crippen molar-refractivity contribution >= 4 is 22.1 Å². The topological polar surface area (TPSA) is 136 Å². The summed E-state index contributed by atoms with van der Waals surface area (Å²) in [4.78, 5) is 25.9. The number of nitrogens with zero attached hydrogens (tertiary/aromatic N) is 2. The number of hydrogen-bond donors (Lipinski definition) is 3. The van der Waals surface area contributed by atoms with Crippen molar-refractivity contribution in [1.29, 1.82) is 0 Å². The van der Waals surface area contributed by atoms with Crippen LogP contribution in [0.2, 0.25) is 0 Å². The van der Waals surface area contributed by atoms with Gasteiger partial charge < -0.3 is 19.8 Å². The Morgan fingerprint density at radius 2 is 1.77 bits per heavy atom. The number of aromatic hydroxyl groups is 1. The third-order valence-electron chi connectivity index (χ3n) is 4.11. The smallest absolute Gasteiger partial charge is 0.407 e. The lowest BCUT2D eigenvalue weighted by Crippen LogP contribution is -2.57. The number of hydrogen-bond acceptors (Lipinski definition) is 7. The highest BCUT2D eigenvalue weighted by molar-refractivity contribution is 7.89. The molecular weight excluding hydrogens is 366 g/mol. The van der Waals surface area contributed by atoms with Gasteiger partial charge in [-0.25, -0.2) is 17.9 Å². The fourth-order valence-corrected chi connectivity index (χ4v) is 3.66. The first kappa shape index (κ1) is 19.9. The van der Waals surface area contributed by atoms with Gasteiger partial charge in [-0.2, -0.15) is 0 Å². The van der Waals surface area contributed by atoms with Gasteiger partial charge in [0.1, 0.15) is 11.8 Å². The second kappa shape index (κ2) is 8.34. The number of phenolic OH excluding ortho intramolecular Hbond substituents is 1. The summed E-state index contributed by atoms with van der Waals surface area (Å²) in [5.41, 5.74) is 0. The first-order valence-corrected chi connectivity index (χ1v) is 9.31. The van der Waals surface area contributed by atoms with Crippen LogP contribution < -0.4 is 4.72 Å². The van der Waals surface area contributed by atoms with Crippen LogP contribution in [0.5, 0.6) is 5.75 Å². The Balaban J connectivity index is 2.05. The Morgan fingerprint density at radius 3 is 2.27 bits per heavy atom. The molecule has 10 nitrogen and oxygen atoms in total. The maximum absolute atomic E-state index is 12.3. The molecule has 1 amide bonds. The summed E-state index contributed by atoms with van der Waals surface area (Å²) in [6, 6.07) is 4.12. The molecule has 0 saturated carbocycles. The van der Waals surface area contributed by atoms with Gasteiger partial charge in [-0.05, 0) is 24.3 Å². The summed E-state index contributed by atoms with van der Waals surface area (Å²) >= 11 is 0. The molecule has 1 aliphatic rings. The minimum atomic E-state index is -3.88. The second-order valence-electron chi connectivity index (χ2n) is 5.69. The van der Waals surface area contributed by atoms with E-state index in [1.165, 1.54) is 36.3 Å². The lowest BCUT2D eigenvalue weighted by Gasteiger charge is -2.36. The number of carbonyl (C=O) groups excluding carboxylic acids is 1. The van der Waals surface area contributed by atoms with Crippen LogP contribution in [0.15, 0.2) is 29.2 Å². The average Bonchev–Trinajstić information content (AvgIpc) is 2.62. The van der Waals surface area contributed by atoms with Crippen molar-refractivity contribution in [3.8, 4) is 5.75 Å². The van der Waals surface area contributed by atoms with E-state index in [2.05, 4.69) is 4.72 Å². The van der Waals surface area contributed by atoms with Gasteiger partial charge in [-0.1, -0.05) is 0 Å². The Bertz CT molecular complexity index is 743. The van der Waals surface area contributed by atoms with Crippen molar-refractivity contribution in [3.63, 3.8) is 0 Å². The molecule has 1 fully saturated rings. The molecule has 1 unspecified atom stereocenters. The fraction of sp³-hybridized carbons (Fsp3) is 0.467. The summed E-state index contributed by atoms with van der Waals surface area (Å²) in [5.74, 6) is -0.671. The zero-order valence-corrected chi connectivity index (χ0v) is 15.0. The normalized spacial score (nSPS) is 16.9. The molecule has 2 rings (SSSR count). The maximum Gasteiger partial charge on any atom is 0.407 e. The van der Waals surface area contributed by atoms with Crippen LogP contribution in [0.4, 0.5) is 4.79 Å². The Hall–Kier alpha value is -2.37. The lowest BCUT2D eigenvalue weighted by molar-refractivity contribution is -0.147. The van der Waals surface area contributed by atoms with Crippen LogP contribution in [-0.2, 0) is 19.6 Å². The first-order valence-electron chi connectivity index (χ1n) is 7.83. The van der Waals surface area contributed by atoms with E-state index in [0.717, 1.165) is 0 Å². The fourth-order valence-electron chi connectivity index (χ4n) is 2.62. The molecule has 1 heterocycles. The molecular formula is C15H21N3O7S. The van der Waals surface area contributed by atoms with Crippen molar-refractivity contribution < 1.29 is 33.0 Å².